The Hall–Kier alpha value is -2.40. The lowest BCUT2D eigenvalue weighted by Crippen LogP contribution is -2.45. The van der Waals surface area contributed by atoms with E-state index in [1.807, 2.05) is 12.1 Å². The average molecular weight is 438 g/mol. The van der Waals surface area contributed by atoms with Crippen molar-refractivity contribution in [2.75, 3.05) is 31.1 Å². The number of piperidine rings is 1. The summed E-state index contributed by atoms with van der Waals surface area (Å²) in [7, 11) is 0. The largest absolute Gasteiger partial charge is 0.369 e. The lowest BCUT2D eigenvalue weighted by atomic mass is 9.91. The highest BCUT2D eigenvalue weighted by atomic mass is 19.1. The molecule has 1 unspecified atom stereocenters. The van der Waals surface area contributed by atoms with Crippen LogP contribution in [-0.2, 0) is 17.6 Å². The predicted molar refractivity (Wildman–Crippen MR) is 129 cm³/mol. The third-order valence-electron chi connectivity index (χ3n) is 7.26. The highest BCUT2D eigenvalue weighted by Gasteiger charge is 2.30. The van der Waals surface area contributed by atoms with Crippen molar-refractivity contribution in [3.05, 3.63) is 65.0 Å². The van der Waals surface area contributed by atoms with E-state index >= 15 is 0 Å². The topological polar surface area (TPSA) is 49.6 Å². The molecule has 1 atom stereocenters. The molecule has 4 nitrogen and oxygen atoms in total. The molecule has 2 aromatic carbocycles. The lowest BCUT2D eigenvalue weighted by molar-refractivity contribution is -0.119. The van der Waals surface area contributed by atoms with Crippen molar-refractivity contribution < 1.29 is 9.18 Å². The fraction of sp³-hybridized carbons (Fsp3) is 0.519. The van der Waals surface area contributed by atoms with Crippen LogP contribution in [0.3, 0.4) is 0 Å². The minimum atomic E-state index is -0.211. The van der Waals surface area contributed by atoms with Crippen LogP contribution in [0.4, 0.5) is 10.1 Å². The number of nitrogens with zero attached hydrogens (tertiary/aromatic N) is 2. The first-order chi connectivity index (χ1) is 15.5. The zero-order chi connectivity index (χ0) is 22.5. The van der Waals surface area contributed by atoms with Crippen molar-refractivity contribution in [2.24, 2.45) is 5.73 Å². The van der Waals surface area contributed by atoms with Crippen LogP contribution in [-0.4, -0.2) is 43.0 Å². The summed E-state index contributed by atoms with van der Waals surface area (Å²) in [6, 6.07) is 14.0. The van der Waals surface area contributed by atoms with Gasteiger partial charge in [0.25, 0.3) is 0 Å². The van der Waals surface area contributed by atoms with Crippen LogP contribution in [0, 0.1) is 5.82 Å². The van der Waals surface area contributed by atoms with E-state index in [-0.39, 0.29) is 17.6 Å². The summed E-state index contributed by atoms with van der Waals surface area (Å²) in [5.74, 6) is -0.565. The van der Waals surface area contributed by atoms with Crippen molar-refractivity contribution >= 4 is 11.6 Å². The number of carbonyl (C=O) groups excluding carboxylic acids is 1. The monoisotopic (exact) mass is 437 g/mol. The van der Waals surface area contributed by atoms with E-state index in [4.69, 9.17) is 5.73 Å². The maximum absolute atomic E-state index is 13.1. The van der Waals surface area contributed by atoms with E-state index in [1.165, 1.54) is 16.8 Å². The molecular formula is C27H36FN3O. The Labute approximate surface area is 191 Å². The molecule has 1 amide bonds. The molecule has 0 radical (unpaired) electrons. The van der Waals surface area contributed by atoms with E-state index in [9.17, 15) is 9.18 Å². The van der Waals surface area contributed by atoms with Crippen LogP contribution in [0.25, 0.3) is 0 Å². The molecule has 0 spiro atoms. The first kappa shape index (κ1) is 22.8. The molecular weight excluding hydrogens is 401 g/mol. The van der Waals surface area contributed by atoms with Crippen molar-refractivity contribution in [3.63, 3.8) is 0 Å². The van der Waals surface area contributed by atoms with Crippen LogP contribution >= 0.6 is 0 Å². The number of primary amides is 1. The zero-order valence-corrected chi connectivity index (χ0v) is 19.2. The van der Waals surface area contributed by atoms with Crippen molar-refractivity contribution in [1.82, 2.24) is 4.90 Å². The van der Waals surface area contributed by atoms with Gasteiger partial charge in [-0.1, -0.05) is 44.0 Å². The third-order valence-corrected chi connectivity index (χ3v) is 7.26. The van der Waals surface area contributed by atoms with Crippen LogP contribution < -0.4 is 10.6 Å². The van der Waals surface area contributed by atoms with E-state index < -0.39 is 0 Å². The highest BCUT2D eigenvalue weighted by molar-refractivity contribution is 5.82. The maximum Gasteiger partial charge on any atom is 0.224 e. The number of hydrogen-bond acceptors (Lipinski definition) is 3. The fourth-order valence-electron chi connectivity index (χ4n) is 5.29. The number of amides is 1. The first-order valence-corrected chi connectivity index (χ1v) is 12.2. The number of benzene rings is 2. The zero-order valence-electron chi connectivity index (χ0n) is 19.2. The molecule has 0 bridgehead atoms. The number of halogens is 1. The molecule has 0 saturated carbocycles. The summed E-state index contributed by atoms with van der Waals surface area (Å²) in [6.07, 6.45) is 7.27. The normalized spacial score (nSPS) is 18.0. The van der Waals surface area contributed by atoms with Gasteiger partial charge in [0, 0.05) is 37.9 Å². The number of rotatable bonds is 9. The molecule has 5 heteroatoms. The average Bonchev–Trinajstić information content (AvgIpc) is 3.22. The Morgan fingerprint density at radius 1 is 1.12 bits per heavy atom. The van der Waals surface area contributed by atoms with Crippen LogP contribution in [0.1, 0.15) is 61.6 Å². The van der Waals surface area contributed by atoms with Gasteiger partial charge in [0.15, 0.2) is 0 Å². The van der Waals surface area contributed by atoms with E-state index in [2.05, 4.69) is 34.9 Å². The van der Waals surface area contributed by atoms with Gasteiger partial charge in [-0.15, -0.1) is 0 Å². The molecule has 1 saturated heterocycles. The van der Waals surface area contributed by atoms with Crippen LogP contribution in [0.15, 0.2) is 42.5 Å². The smallest absolute Gasteiger partial charge is 0.224 e. The van der Waals surface area contributed by atoms with Gasteiger partial charge >= 0.3 is 0 Å². The number of anilines is 1. The number of unbranched alkanes of at least 4 members (excludes halogenated alkanes) is 1. The van der Waals surface area contributed by atoms with Gasteiger partial charge in [-0.05, 0) is 67.0 Å². The minimum Gasteiger partial charge on any atom is -0.369 e. The SMILES string of the molecule is CCCCC(C(N)=O)c1ccc2c(c1)N(C1CCN(CCc3ccc(F)cc3)CC1)CC2. The van der Waals surface area contributed by atoms with Gasteiger partial charge in [-0.2, -0.15) is 0 Å². The maximum atomic E-state index is 13.1. The van der Waals surface area contributed by atoms with Gasteiger partial charge in [-0.25, -0.2) is 4.39 Å². The number of hydrogen-bond donors (Lipinski definition) is 1. The first-order valence-electron chi connectivity index (χ1n) is 12.2. The van der Waals surface area contributed by atoms with E-state index in [0.29, 0.717) is 6.04 Å². The molecule has 2 heterocycles. The number of carbonyl (C=O) groups is 1. The van der Waals surface area contributed by atoms with E-state index in [1.54, 1.807) is 12.1 Å². The molecule has 2 aromatic rings. The summed E-state index contributed by atoms with van der Waals surface area (Å²) in [4.78, 5) is 17.2. The number of nitrogens with two attached hydrogens (primary N) is 1. The fourth-order valence-corrected chi connectivity index (χ4v) is 5.29. The predicted octanol–water partition coefficient (Wildman–Crippen LogP) is 4.65. The summed E-state index contributed by atoms with van der Waals surface area (Å²) in [5, 5.41) is 0. The molecule has 1 fully saturated rings. The van der Waals surface area contributed by atoms with Crippen molar-refractivity contribution in [2.45, 2.75) is 63.8 Å². The summed E-state index contributed by atoms with van der Waals surface area (Å²) >= 11 is 0. The highest BCUT2D eigenvalue weighted by Crippen LogP contribution is 2.36. The minimum absolute atomic E-state index is 0.170. The Balaban J connectivity index is 1.36. The molecule has 2 aliphatic heterocycles. The molecule has 0 aromatic heterocycles. The second kappa shape index (κ2) is 10.5. The summed E-state index contributed by atoms with van der Waals surface area (Å²) in [6.45, 7) is 6.43. The van der Waals surface area contributed by atoms with Crippen LogP contribution in [0.2, 0.25) is 0 Å². The van der Waals surface area contributed by atoms with Crippen LogP contribution in [0.5, 0.6) is 0 Å². The molecule has 172 valence electrons. The van der Waals surface area contributed by atoms with Gasteiger partial charge in [0.1, 0.15) is 5.82 Å². The second-order valence-corrected chi connectivity index (χ2v) is 9.38. The standard InChI is InChI=1S/C27H36FN3O/c1-2-3-4-25(27(29)32)22-8-7-21-12-18-31(26(21)19-22)24-13-16-30(17-14-24)15-11-20-5-9-23(28)10-6-20/h5-10,19,24-25H,2-4,11-18H2,1H3,(H2,29,32). The van der Waals surface area contributed by atoms with Gasteiger partial charge in [0.2, 0.25) is 5.91 Å². The number of fused-ring (bicyclic) bond motifs is 1. The summed E-state index contributed by atoms with van der Waals surface area (Å²) in [5.41, 5.74) is 10.7. The van der Waals surface area contributed by atoms with Gasteiger partial charge in [-0.3, -0.25) is 4.79 Å². The molecule has 32 heavy (non-hydrogen) atoms. The molecule has 4 rings (SSSR count). The molecule has 0 aliphatic carbocycles. The second-order valence-electron chi connectivity index (χ2n) is 9.38. The third kappa shape index (κ3) is 5.32. The molecule has 2 N–H and O–H groups in total. The lowest BCUT2D eigenvalue weighted by Gasteiger charge is -2.38. The quantitative estimate of drug-likeness (QED) is 0.621. The Kier molecular flexibility index (Phi) is 7.46. The Bertz CT molecular complexity index is 906. The van der Waals surface area contributed by atoms with Crippen molar-refractivity contribution in [3.8, 4) is 0 Å². The van der Waals surface area contributed by atoms with Gasteiger partial charge < -0.3 is 15.5 Å². The van der Waals surface area contributed by atoms with E-state index in [0.717, 1.165) is 76.7 Å². The van der Waals surface area contributed by atoms with Crippen molar-refractivity contribution in [1.29, 1.82) is 0 Å². The Morgan fingerprint density at radius 3 is 2.56 bits per heavy atom. The molecule has 2 aliphatic rings. The van der Waals surface area contributed by atoms with Gasteiger partial charge in [0.05, 0.1) is 5.92 Å². The summed E-state index contributed by atoms with van der Waals surface area (Å²) < 4.78 is 13.1. The Morgan fingerprint density at radius 2 is 1.88 bits per heavy atom. The number of likely N-dealkylation sites (tertiary alicyclic amines) is 1.